The Morgan fingerprint density at radius 3 is 2.31 bits per heavy atom. The van der Waals surface area contributed by atoms with Crippen LogP contribution in [0.4, 0.5) is 0 Å². The van der Waals surface area contributed by atoms with E-state index in [1.54, 1.807) is 0 Å². The van der Waals surface area contributed by atoms with E-state index in [2.05, 4.69) is 43.7 Å². The Hall–Kier alpha value is -0.390. The summed E-state index contributed by atoms with van der Waals surface area (Å²) >= 11 is 0. The second-order valence-electron chi connectivity index (χ2n) is 4.19. The molecule has 1 aromatic rings. The maximum atomic E-state index is 6.07. The van der Waals surface area contributed by atoms with Gasteiger partial charge < -0.3 is 0 Å². The number of hydrogen-bond donors (Lipinski definition) is 0. The standard InChI is InChI=1S/C11H17OP/c1-13(2,12-10-8-9-10)11-6-4-3-5-7-11/h3-7,10,13H,8-9H2,1-2H3. The van der Waals surface area contributed by atoms with Gasteiger partial charge in [0.2, 0.25) is 0 Å². The molecule has 1 aromatic carbocycles. The quantitative estimate of drug-likeness (QED) is 0.674. The molecule has 13 heavy (non-hydrogen) atoms. The van der Waals surface area contributed by atoms with Gasteiger partial charge in [-0.15, -0.1) is 0 Å². The van der Waals surface area contributed by atoms with Crippen molar-refractivity contribution in [1.82, 2.24) is 0 Å². The first-order valence-corrected chi connectivity index (χ1v) is 7.83. The topological polar surface area (TPSA) is 9.23 Å². The van der Waals surface area contributed by atoms with Crippen molar-refractivity contribution < 1.29 is 4.52 Å². The molecule has 0 amide bonds. The molecular weight excluding hydrogens is 179 g/mol. The molecular formula is C11H17OP. The molecule has 0 spiro atoms. The molecule has 1 nitrogen and oxygen atoms in total. The van der Waals surface area contributed by atoms with E-state index < -0.39 is 7.49 Å². The Morgan fingerprint density at radius 1 is 1.15 bits per heavy atom. The van der Waals surface area contributed by atoms with Crippen LogP contribution < -0.4 is 5.30 Å². The van der Waals surface area contributed by atoms with Crippen molar-refractivity contribution >= 4 is 12.8 Å². The van der Waals surface area contributed by atoms with Crippen molar-refractivity contribution in [1.29, 1.82) is 0 Å². The summed E-state index contributed by atoms with van der Waals surface area (Å²) < 4.78 is 6.07. The van der Waals surface area contributed by atoms with Gasteiger partial charge in [0.25, 0.3) is 0 Å². The van der Waals surface area contributed by atoms with Crippen molar-refractivity contribution in [2.45, 2.75) is 18.9 Å². The van der Waals surface area contributed by atoms with Crippen LogP contribution in [-0.4, -0.2) is 19.4 Å². The summed E-state index contributed by atoms with van der Waals surface area (Å²) in [6.07, 6.45) is 3.11. The predicted molar refractivity (Wildman–Crippen MR) is 60.3 cm³/mol. The summed E-state index contributed by atoms with van der Waals surface area (Å²) in [5.41, 5.74) is 0. The summed E-state index contributed by atoms with van der Waals surface area (Å²) in [4.78, 5) is 0. The minimum absolute atomic E-state index is 0.571. The van der Waals surface area contributed by atoms with Crippen LogP contribution in [0.2, 0.25) is 0 Å². The third kappa shape index (κ3) is 2.30. The van der Waals surface area contributed by atoms with Crippen LogP contribution in [0.15, 0.2) is 30.3 Å². The zero-order valence-electron chi connectivity index (χ0n) is 8.29. The Kier molecular flexibility index (Phi) is 2.40. The van der Waals surface area contributed by atoms with Crippen LogP contribution >= 0.6 is 7.49 Å². The van der Waals surface area contributed by atoms with Crippen molar-refractivity contribution in [3.8, 4) is 0 Å². The Labute approximate surface area is 80.5 Å². The van der Waals surface area contributed by atoms with E-state index in [1.165, 1.54) is 18.1 Å². The van der Waals surface area contributed by atoms with Gasteiger partial charge in [-0.2, -0.15) is 0 Å². The van der Waals surface area contributed by atoms with Gasteiger partial charge in [0.1, 0.15) is 0 Å². The van der Waals surface area contributed by atoms with Crippen molar-refractivity contribution in [3.05, 3.63) is 30.3 Å². The van der Waals surface area contributed by atoms with E-state index in [9.17, 15) is 0 Å². The monoisotopic (exact) mass is 196 g/mol. The molecule has 0 aromatic heterocycles. The van der Waals surface area contributed by atoms with Gasteiger partial charge in [-0.05, 0) is 0 Å². The van der Waals surface area contributed by atoms with Crippen LogP contribution in [0.25, 0.3) is 0 Å². The van der Waals surface area contributed by atoms with Crippen LogP contribution in [0.3, 0.4) is 0 Å². The molecule has 1 aliphatic rings. The molecule has 0 N–H and O–H groups in total. The van der Waals surface area contributed by atoms with Gasteiger partial charge in [0.05, 0.1) is 0 Å². The predicted octanol–water partition coefficient (Wildman–Crippen LogP) is 2.42. The molecule has 0 atom stereocenters. The first-order valence-electron chi connectivity index (χ1n) is 4.92. The minimum atomic E-state index is -1.58. The van der Waals surface area contributed by atoms with Crippen LogP contribution in [0.1, 0.15) is 12.8 Å². The molecule has 0 bridgehead atoms. The summed E-state index contributed by atoms with van der Waals surface area (Å²) in [7, 11) is -1.58. The Bertz CT molecular complexity index is 277. The maximum absolute atomic E-state index is 6.07. The van der Waals surface area contributed by atoms with Gasteiger partial charge in [-0.25, -0.2) is 0 Å². The van der Waals surface area contributed by atoms with E-state index >= 15 is 0 Å². The van der Waals surface area contributed by atoms with Crippen LogP contribution in [0, 0.1) is 0 Å². The summed E-state index contributed by atoms with van der Waals surface area (Å²) in [5, 5.41) is 1.40. The SMILES string of the molecule is C[PH](C)(OC1CC1)c1ccccc1. The fourth-order valence-electron chi connectivity index (χ4n) is 1.51. The van der Waals surface area contributed by atoms with Crippen molar-refractivity contribution in [2.75, 3.05) is 13.3 Å². The van der Waals surface area contributed by atoms with Crippen LogP contribution in [0.5, 0.6) is 0 Å². The summed E-state index contributed by atoms with van der Waals surface area (Å²) in [5.74, 6) is 0. The van der Waals surface area contributed by atoms with E-state index in [4.69, 9.17) is 4.52 Å². The molecule has 1 aliphatic carbocycles. The molecule has 0 radical (unpaired) electrons. The van der Waals surface area contributed by atoms with Gasteiger partial charge in [-0.3, -0.25) is 0 Å². The molecule has 72 valence electrons. The third-order valence-electron chi connectivity index (χ3n) is 2.45. The van der Waals surface area contributed by atoms with Gasteiger partial charge >= 0.3 is 79.9 Å². The summed E-state index contributed by atoms with van der Waals surface area (Å²) in [6, 6.07) is 10.6. The van der Waals surface area contributed by atoms with Gasteiger partial charge in [0, 0.05) is 0 Å². The molecule has 0 unspecified atom stereocenters. The molecule has 2 rings (SSSR count). The zero-order chi connectivity index (χ0) is 9.31. The molecule has 2 heteroatoms. The van der Waals surface area contributed by atoms with Gasteiger partial charge in [-0.1, -0.05) is 0 Å². The Morgan fingerprint density at radius 2 is 1.77 bits per heavy atom. The molecule has 0 heterocycles. The molecule has 0 saturated heterocycles. The number of benzene rings is 1. The fraction of sp³-hybridized carbons (Fsp3) is 0.455. The molecule has 1 fully saturated rings. The van der Waals surface area contributed by atoms with E-state index in [0.29, 0.717) is 6.10 Å². The van der Waals surface area contributed by atoms with E-state index in [-0.39, 0.29) is 0 Å². The second-order valence-corrected chi connectivity index (χ2v) is 8.03. The average molecular weight is 196 g/mol. The number of hydrogen-bond acceptors (Lipinski definition) is 1. The average Bonchev–Trinajstić information content (AvgIpc) is 2.89. The van der Waals surface area contributed by atoms with E-state index in [1.807, 2.05) is 0 Å². The Balaban J connectivity index is 2.12. The number of rotatable bonds is 3. The normalized spacial score (nSPS) is 18.6. The summed E-state index contributed by atoms with van der Waals surface area (Å²) in [6.45, 7) is 4.56. The first kappa shape index (κ1) is 9.18. The van der Waals surface area contributed by atoms with Gasteiger partial charge in [0.15, 0.2) is 0 Å². The molecule has 0 aliphatic heterocycles. The molecule has 1 saturated carbocycles. The van der Waals surface area contributed by atoms with Crippen LogP contribution in [-0.2, 0) is 4.52 Å². The van der Waals surface area contributed by atoms with E-state index in [0.717, 1.165) is 0 Å². The zero-order valence-corrected chi connectivity index (χ0v) is 9.29. The van der Waals surface area contributed by atoms with Crippen molar-refractivity contribution in [2.24, 2.45) is 0 Å². The fourth-order valence-corrected chi connectivity index (χ4v) is 3.71. The second kappa shape index (κ2) is 3.40. The third-order valence-corrected chi connectivity index (χ3v) is 5.10. The van der Waals surface area contributed by atoms with Crippen molar-refractivity contribution in [3.63, 3.8) is 0 Å². The first-order chi connectivity index (χ1) is 6.18.